The number of carbonyl (C=O) groups is 1. The van der Waals surface area contributed by atoms with Gasteiger partial charge in [0.1, 0.15) is 17.5 Å². The average molecular weight is 312 g/mol. The molecule has 0 fully saturated rings. The van der Waals surface area contributed by atoms with Gasteiger partial charge in [0, 0.05) is 6.42 Å². The highest BCUT2D eigenvalue weighted by atomic mass is 35.5. The summed E-state index contributed by atoms with van der Waals surface area (Å²) in [6.07, 6.45) is 0.525. The van der Waals surface area contributed by atoms with Crippen molar-refractivity contribution in [1.82, 2.24) is 9.55 Å². The maximum Gasteiger partial charge on any atom is 0.360 e. The smallest absolute Gasteiger partial charge is 0.360 e. The van der Waals surface area contributed by atoms with E-state index in [0.29, 0.717) is 17.9 Å². The van der Waals surface area contributed by atoms with Crippen LogP contribution in [0, 0.1) is 5.82 Å². The van der Waals surface area contributed by atoms with E-state index < -0.39 is 11.8 Å². The van der Waals surface area contributed by atoms with Gasteiger partial charge in [-0.15, -0.1) is 0 Å². The predicted octanol–water partition coefficient (Wildman–Crippen LogP) is 2.99. The summed E-state index contributed by atoms with van der Waals surface area (Å²) < 4.78 is 19.6. The highest BCUT2D eigenvalue weighted by Crippen LogP contribution is 2.28. The van der Waals surface area contributed by atoms with Crippen LogP contribution < -0.4 is 5.73 Å². The average Bonchev–Trinajstić information content (AvgIpc) is 2.76. The summed E-state index contributed by atoms with van der Waals surface area (Å²) in [5.41, 5.74) is 6.50. The van der Waals surface area contributed by atoms with Crippen molar-refractivity contribution in [1.29, 1.82) is 0 Å². The van der Waals surface area contributed by atoms with E-state index in [1.165, 1.54) is 22.8 Å². The van der Waals surface area contributed by atoms with Crippen LogP contribution in [0.1, 0.15) is 30.2 Å². The third-order valence-electron chi connectivity index (χ3n) is 2.92. The second-order valence-corrected chi connectivity index (χ2v) is 4.67. The normalized spacial score (nSPS) is 10.7. The molecule has 0 radical (unpaired) electrons. The third kappa shape index (κ3) is 2.85. The van der Waals surface area contributed by atoms with Gasteiger partial charge in [0.15, 0.2) is 5.69 Å². The first kappa shape index (κ1) is 15.3. The molecule has 0 saturated carbocycles. The molecular weight excluding hydrogens is 297 g/mol. The van der Waals surface area contributed by atoms with Gasteiger partial charge in [-0.25, -0.2) is 14.2 Å². The Labute approximate surface area is 126 Å². The molecule has 0 aliphatic rings. The molecule has 2 rings (SSSR count). The second kappa shape index (κ2) is 6.13. The molecule has 112 valence electrons. The summed E-state index contributed by atoms with van der Waals surface area (Å²) in [4.78, 5) is 16.0. The van der Waals surface area contributed by atoms with Crippen LogP contribution in [0.5, 0.6) is 0 Å². The topological polar surface area (TPSA) is 70.1 Å². The van der Waals surface area contributed by atoms with Crippen LogP contribution in [-0.2, 0) is 11.2 Å². The van der Waals surface area contributed by atoms with Gasteiger partial charge in [-0.05, 0) is 25.1 Å². The van der Waals surface area contributed by atoms with Gasteiger partial charge in [-0.2, -0.15) is 0 Å². The van der Waals surface area contributed by atoms with Gasteiger partial charge in [-0.3, -0.25) is 4.57 Å². The van der Waals surface area contributed by atoms with E-state index in [0.717, 1.165) is 0 Å². The quantitative estimate of drug-likeness (QED) is 0.881. The van der Waals surface area contributed by atoms with Crippen molar-refractivity contribution in [2.24, 2.45) is 0 Å². The third-order valence-corrected chi connectivity index (χ3v) is 3.22. The molecule has 1 aromatic carbocycles. The number of nitrogens with two attached hydrogens (primary N) is 1. The number of benzene rings is 1. The van der Waals surface area contributed by atoms with E-state index in [-0.39, 0.29) is 23.1 Å². The van der Waals surface area contributed by atoms with Crippen molar-refractivity contribution in [3.8, 4) is 5.69 Å². The Hall–Kier alpha value is -2.08. The Kier molecular flexibility index (Phi) is 4.47. The Morgan fingerprint density at radius 1 is 1.48 bits per heavy atom. The van der Waals surface area contributed by atoms with Gasteiger partial charge < -0.3 is 10.5 Å². The first-order valence-corrected chi connectivity index (χ1v) is 6.87. The fourth-order valence-electron chi connectivity index (χ4n) is 2.00. The van der Waals surface area contributed by atoms with E-state index in [9.17, 15) is 9.18 Å². The first-order valence-electron chi connectivity index (χ1n) is 6.49. The van der Waals surface area contributed by atoms with Gasteiger partial charge in [0.05, 0.1) is 17.3 Å². The highest BCUT2D eigenvalue weighted by molar-refractivity contribution is 6.32. The van der Waals surface area contributed by atoms with Crippen molar-refractivity contribution in [2.75, 3.05) is 12.3 Å². The summed E-state index contributed by atoms with van der Waals surface area (Å²) in [7, 11) is 0. The number of aromatic nitrogens is 2. The molecule has 0 aliphatic heterocycles. The lowest BCUT2D eigenvalue weighted by atomic mass is 10.3. The van der Waals surface area contributed by atoms with E-state index in [1.807, 2.05) is 6.92 Å². The number of ether oxygens (including phenoxy) is 1. The fourth-order valence-corrected chi connectivity index (χ4v) is 2.25. The molecule has 0 atom stereocenters. The van der Waals surface area contributed by atoms with Crippen molar-refractivity contribution < 1.29 is 13.9 Å². The SMILES string of the molecule is CCOC(=O)c1nc(CC)n(-c2ccc(F)cc2Cl)c1N. The summed E-state index contributed by atoms with van der Waals surface area (Å²) >= 11 is 6.05. The number of carbonyl (C=O) groups excluding carboxylic acids is 1. The van der Waals surface area contributed by atoms with Crippen LogP contribution in [0.2, 0.25) is 5.02 Å². The molecular formula is C14H15ClFN3O2. The molecule has 0 unspecified atom stereocenters. The minimum atomic E-state index is -0.596. The number of aryl methyl sites for hydroxylation is 1. The molecule has 0 amide bonds. The summed E-state index contributed by atoms with van der Waals surface area (Å²) in [5, 5.41) is 0.184. The molecule has 0 bridgehead atoms. The number of nitrogens with zero attached hydrogens (tertiary/aromatic N) is 2. The zero-order valence-corrected chi connectivity index (χ0v) is 12.4. The lowest BCUT2D eigenvalue weighted by molar-refractivity contribution is 0.0521. The first-order chi connectivity index (χ1) is 9.99. The maximum atomic E-state index is 13.2. The van der Waals surface area contributed by atoms with Crippen LogP contribution in [-0.4, -0.2) is 22.1 Å². The predicted molar refractivity (Wildman–Crippen MR) is 78.3 cm³/mol. The number of esters is 1. The van der Waals surface area contributed by atoms with Crippen LogP contribution >= 0.6 is 11.6 Å². The maximum absolute atomic E-state index is 13.2. The second-order valence-electron chi connectivity index (χ2n) is 4.27. The zero-order chi connectivity index (χ0) is 15.6. The Morgan fingerprint density at radius 2 is 2.19 bits per heavy atom. The Bertz CT molecular complexity index is 685. The molecule has 5 nitrogen and oxygen atoms in total. The molecule has 0 saturated heterocycles. The highest BCUT2D eigenvalue weighted by Gasteiger charge is 2.22. The van der Waals surface area contributed by atoms with Gasteiger partial charge in [-0.1, -0.05) is 18.5 Å². The van der Waals surface area contributed by atoms with E-state index >= 15 is 0 Å². The van der Waals surface area contributed by atoms with Gasteiger partial charge in [0.25, 0.3) is 0 Å². The number of imidazole rings is 1. The van der Waals surface area contributed by atoms with E-state index in [2.05, 4.69) is 4.98 Å². The number of nitrogen functional groups attached to an aromatic ring is 1. The van der Waals surface area contributed by atoms with Crippen LogP contribution in [0.4, 0.5) is 10.2 Å². The number of hydrogen-bond acceptors (Lipinski definition) is 4. The molecule has 1 heterocycles. The van der Waals surface area contributed by atoms with Crippen molar-refractivity contribution in [3.63, 3.8) is 0 Å². The molecule has 2 N–H and O–H groups in total. The summed E-state index contributed by atoms with van der Waals surface area (Å²) in [6, 6.07) is 3.94. The monoisotopic (exact) mass is 311 g/mol. The standard InChI is InChI=1S/C14H15ClFN3O2/c1-3-11-18-12(14(20)21-4-2)13(17)19(11)10-6-5-8(16)7-9(10)15/h5-7H,3-4,17H2,1-2H3. The molecule has 0 spiro atoms. The molecule has 21 heavy (non-hydrogen) atoms. The number of rotatable bonds is 4. The van der Waals surface area contributed by atoms with Crippen molar-refractivity contribution >= 4 is 23.4 Å². The van der Waals surface area contributed by atoms with E-state index in [4.69, 9.17) is 22.1 Å². The van der Waals surface area contributed by atoms with Crippen LogP contribution in [0.15, 0.2) is 18.2 Å². The van der Waals surface area contributed by atoms with Gasteiger partial charge >= 0.3 is 5.97 Å². The summed E-state index contributed by atoms with van der Waals surface area (Å²) in [6.45, 7) is 3.79. The Morgan fingerprint density at radius 3 is 2.76 bits per heavy atom. The molecule has 0 aliphatic carbocycles. The minimum Gasteiger partial charge on any atom is -0.461 e. The molecule has 7 heteroatoms. The Balaban J connectivity index is 2.60. The van der Waals surface area contributed by atoms with Gasteiger partial charge in [0.2, 0.25) is 0 Å². The summed E-state index contributed by atoms with van der Waals surface area (Å²) in [5.74, 6) is -0.379. The fraction of sp³-hybridized carbons (Fsp3) is 0.286. The number of hydrogen-bond donors (Lipinski definition) is 1. The van der Waals surface area contributed by atoms with Crippen molar-refractivity contribution in [2.45, 2.75) is 20.3 Å². The lowest BCUT2D eigenvalue weighted by Gasteiger charge is -2.10. The largest absolute Gasteiger partial charge is 0.461 e. The van der Waals surface area contributed by atoms with Crippen LogP contribution in [0.25, 0.3) is 5.69 Å². The minimum absolute atomic E-state index is 0.0362. The molecule has 1 aromatic heterocycles. The zero-order valence-electron chi connectivity index (χ0n) is 11.7. The lowest BCUT2D eigenvalue weighted by Crippen LogP contribution is -2.10. The number of anilines is 1. The molecule has 2 aromatic rings. The van der Waals surface area contributed by atoms with Crippen LogP contribution in [0.3, 0.4) is 0 Å². The van der Waals surface area contributed by atoms with Crippen molar-refractivity contribution in [3.05, 3.63) is 40.6 Å². The number of halogens is 2. The van der Waals surface area contributed by atoms with E-state index in [1.54, 1.807) is 6.92 Å².